The van der Waals surface area contributed by atoms with Gasteiger partial charge < -0.3 is 4.74 Å². The Morgan fingerprint density at radius 2 is 1.77 bits per heavy atom. The Hall–Kier alpha value is -2.48. The first kappa shape index (κ1) is 18.3. The highest BCUT2D eigenvalue weighted by atomic mass is 32.2. The van der Waals surface area contributed by atoms with Gasteiger partial charge in [-0.15, -0.1) is 10.2 Å². The van der Waals surface area contributed by atoms with Gasteiger partial charge >= 0.3 is 6.18 Å². The van der Waals surface area contributed by atoms with Gasteiger partial charge in [0.15, 0.2) is 5.16 Å². The second-order valence-corrected chi connectivity index (χ2v) is 6.51. The Morgan fingerprint density at radius 3 is 2.54 bits per heavy atom. The van der Waals surface area contributed by atoms with Gasteiger partial charge in [-0.05, 0) is 23.3 Å². The lowest BCUT2D eigenvalue weighted by Crippen LogP contribution is -2.17. The first-order valence-corrected chi connectivity index (χ1v) is 8.81. The van der Waals surface area contributed by atoms with Crippen LogP contribution in [0.3, 0.4) is 0 Å². The lowest BCUT2D eigenvalue weighted by atomic mass is 10.2. The van der Waals surface area contributed by atoms with Crippen molar-refractivity contribution in [2.24, 2.45) is 0 Å². The zero-order valence-electron chi connectivity index (χ0n) is 13.7. The monoisotopic (exact) mass is 379 g/mol. The number of nitrogens with zero attached hydrogens (tertiary/aromatic N) is 3. The Balaban J connectivity index is 1.58. The van der Waals surface area contributed by atoms with Crippen LogP contribution in [-0.2, 0) is 18.9 Å². The molecule has 0 amide bonds. The fourth-order valence-corrected chi connectivity index (χ4v) is 3.13. The Kier molecular flexibility index (Phi) is 5.82. The third-order valence-corrected chi connectivity index (χ3v) is 4.50. The molecule has 0 aliphatic carbocycles. The number of alkyl halides is 3. The molecule has 0 saturated heterocycles. The number of hydrogen-bond donors (Lipinski definition) is 0. The SMILES string of the molecule is FC(F)(F)Cn1cnnc1SCc1cccc(OCc2ccccc2)c1. The van der Waals surface area contributed by atoms with Gasteiger partial charge in [0.1, 0.15) is 25.2 Å². The quantitative estimate of drug-likeness (QED) is 0.558. The average molecular weight is 379 g/mol. The molecule has 0 unspecified atom stereocenters. The molecule has 0 bridgehead atoms. The summed E-state index contributed by atoms with van der Waals surface area (Å²) in [4.78, 5) is 0. The van der Waals surface area contributed by atoms with Crippen LogP contribution in [-0.4, -0.2) is 20.9 Å². The van der Waals surface area contributed by atoms with E-state index < -0.39 is 12.7 Å². The number of benzene rings is 2. The van der Waals surface area contributed by atoms with E-state index in [0.29, 0.717) is 18.1 Å². The van der Waals surface area contributed by atoms with E-state index in [0.717, 1.165) is 22.0 Å². The van der Waals surface area contributed by atoms with Gasteiger partial charge in [0.05, 0.1) is 0 Å². The van der Waals surface area contributed by atoms with Gasteiger partial charge in [0, 0.05) is 5.75 Å². The van der Waals surface area contributed by atoms with Crippen molar-refractivity contribution in [3.8, 4) is 5.75 Å². The molecule has 8 heteroatoms. The molecule has 0 radical (unpaired) electrons. The number of aromatic nitrogens is 3. The van der Waals surface area contributed by atoms with Crippen LogP contribution < -0.4 is 4.74 Å². The largest absolute Gasteiger partial charge is 0.489 e. The van der Waals surface area contributed by atoms with E-state index in [1.54, 1.807) is 0 Å². The summed E-state index contributed by atoms with van der Waals surface area (Å²) >= 11 is 1.20. The van der Waals surface area contributed by atoms with Crippen molar-refractivity contribution < 1.29 is 17.9 Å². The molecule has 0 fully saturated rings. The summed E-state index contributed by atoms with van der Waals surface area (Å²) in [6, 6.07) is 17.3. The molecule has 0 N–H and O–H groups in total. The van der Waals surface area contributed by atoms with Crippen molar-refractivity contribution in [1.82, 2.24) is 14.8 Å². The van der Waals surface area contributed by atoms with Crippen LogP contribution in [0.25, 0.3) is 0 Å². The normalized spacial score (nSPS) is 11.5. The number of thioether (sulfide) groups is 1. The summed E-state index contributed by atoms with van der Waals surface area (Å²) in [5, 5.41) is 7.56. The molecule has 2 aromatic carbocycles. The van der Waals surface area contributed by atoms with Crippen LogP contribution in [0.2, 0.25) is 0 Å². The molecule has 0 saturated carbocycles. The molecule has 136 valence electrons. The number of rotatable bonds is 7. The minimum Gasteiger partial charge on any atom is -0.489 e. The zero-order valence-corrected chi connectivity index (χ0v) is 14.5. The molecule has 4 nitrogen and oxygen atoms in total. The van der Waals surface area contributed by atoms with Crippen LogP contribution in [0.4, 0.5) is 13.2 Å². The van der Waals surface area contributed by atoms with Crippen molar-refractivity contribution in [2.45, 2.75) is 30.2 Å². The van der Waals surface area contributed by atoms with E-state index in [9.17, 15) is 13.2 Å². The summed E-state index contributed by atoms with van der Waals surface area (Å²) in [7, 11) is 0. The molecular weight excluding hydrogens is 363 g/mol. The lowest BCUT2D eigenvalue weighted by Gasteiger charge is -2.10. The van der Waals surface area contributed by atoms with Gasteiger partial charge in [0.2, 0.25) is 0 Å². The van der Waals surface area contributed by atoms with Crippen molar-refractivity contribution in [3.63, 3.8) is 0 Å². The lowest BCUT2D eigenvalue weighted by molar-refractivity contribution is -0.142. The Morgan fingerprint density at radius 1 is 1.00 bits per heavy atom. The standard InChI is InChI=1S/C18H16F3N3OS/c19-18(20,21)12-24-13-22-23-17(24)26-11-15-7-4-8-16(9-15)25-10-14-5-2-1-3-6-14/h1-9,13H,10-12H2. The van der Waals surface area contributed by atoms with E-state index in [-0.39, 0.29) is 5.16 Å². The molecule has 0 aliphatic rings. The third-order valence-electron chi connectivity index (χ3n) is 3.44. The Bertz CT molecular complexity index is 837. The van der Waals surface area contributed by atoms with Crippen LogP contribution in [0.1, 0.15) is 11.1 Å². The average Bonchev–Trinajstić information content (AvgIpc) is 3.04. The van der Waals surface area contributed by atoms with Crippen LogP contribution >= 0.6 is 11.8 Å². The maximum atomic E-state index is 12.5. The van der Waals surface area contributed by atoms with Crippen molar-refractivity contribution >= 4 is 11.8 Å². The van der Waals surface area contributed by atoms with E-state index >= 15 is 0 Å². The highest BCUT2D eigenvalue weighted by Crippen LogP contribution is 2.26. The highest BCUT2D eigenvalue weighted by molar-refractivity contribution is 7.98. The summed E-state index contributed by atoms with van der Waals surface area (Å²) in [6.07, 6.45) is -3.21. The second kappa shape index (κ2) is 8.27. The van der Waals surface area contributed by atoms with E-state index in [1.165, 1.54) is 11.8 Å². The summed E-state index contributed by atoms with van der Waals surface area (Å²) in [6.45, 7) is -0.639. The van der Waals surface area contributed by atoms with Gasteiger partial charge in [-0.2, -0.15) is 13.2 Å². The van der Waals surface area contributed by atoms with Gasteiger partial charge in [-0.25, -0.2) is 0 Å². The van der Waals surface area contributed by atoms with Gasteiger partial charge in [-0.1, -0.05) is 54.2 Å². The molecule has 0 atom stereocenters. The molecule has 26 heavy (non-hydrogen) atoms. The van der Waals surface area contributed by atoms with Crippen LogP contribution in [0.5, 0.6) is 5.75 Å². The molecule has 3 rings (SSSR count). The van der Waals surface area contributed by atoms with Gasteiger partial charge in [-0.3, -0.25) is 4.57 Å². The molecule has 0 aliphatic heterocycles. The topological polar surface area (TPSA) is 39.9 Å². The smallest absolute Gasteiger partial charge is 0.406 e. The summed E-state index contributed by atoms with van der Waals surface area (Å²) in [5.41, 5.74) is 2.00. The maximum Gasteiger partial charge on any atom is 0.406 e. The van der Waals surface area contributed by atoms with E-state index in [1.807, 2.05) is 54.6 Å². The fraction of sp³-hybridized carbons (Fsp3) is 0.222. The molecule has 1 aromatic heterocycles. The molecule has 0 spiro atoms. The molecule has 3 aromatic rings. The minimum absolute atomic E-state index is 0.234. The Labute approximate surface area is 153 Å². The fourth-order valence-electron chi connectivity index (χ4n) is 2.27. The zero-order chi connectivity index (χ0) is 18.4. The van der Waals surface area contributed by atoms with Crippen molar-refractivity contribution in [3.05, 3.63) is 72.1 Å². The maximum absolute atomic E-state index is 12.5. The number of hydrogen-bond acceptors (Lipinski definition) is 4. The first-order chi connectivity index (χ1) is 12.5. The van der Waals surface area contributed by atoms with E-state index in [4.69, 9.17) is 4.74 Å². The van der Waals surface area contributed by atoms with Gasteiger partial charge in [0.25, 0.3) is 0 Å². The second-order valence-electron chi connectivity index (χ2n) is 5.57. The first-order valence-electron chi connectivity index (χ1n) is 7.83. The van der Waals surface area contributed by atoms with Crippen LogP contribution in [0, 0.1) is 0 Å². The minimum atomic E-state index is -4.30. The molecule has 1 heterocycles. The van der Waals surface area contributed by atoms with E-state index in [2.05, 4.69) is 10.2 Å². The summed E-state index contributed by atoms with van der Waals surface area (Å²) < 4.78 is 44.4. The van der Waals surface area contributed by atoms with Crippen molar-refractivity contribution in [1.29, 1.82) is 0 Å². The number of ether oxygens (including phenoxy) is 1. The predicted octanol–water partition coefficient (Wildman–Crippen LogP) is 4.71. The molecular formula is C18H16F3N3OS. The third kappa shape index (κ3) is 5.52. The van der Waals surface area contributed by atoms with Crippen molar-refractivity contribution in [2.75, 3.05) is 0 Å². The predicted molar refractivity (Wildman–Crippen MR) is 92.9 cm³/mol. The number of halogens is 3. The summed E-state index contributed by atoms with van der Waals surface area (Å²) in [5.74, 6) is 1.18. The highest BCUT2D eigenvalue weighted by Gasteiger charge is 2.29. The van der Waals surface area contributed by atoms with Crippen LogP contribution in [0.15, 0.2) is 66.1 Å².